The molecule has 0 fully saturated rings. The van der Waals surface area contributed by atoms with Gasteiger partial charge in [0.15, 0.2) is 0 Å². The fourth-order valence-electron chi connectivity index (χ4n) is 2.08. The fraction of sp³-hybridized carbons (Fsp3) is 0.200. The molecule has 0 spiro atoms. The van der Waals surface area contributed by atoms with Crippen LogP contribution in [0.25, 0.3) is 0 Å². The largest absolute Gasteiger partial charge is 0.321 e. The lowest BCUT2D eigenvalue weighted by molar-refractivity contribution is 0.492. The van der Waals surface area contributed by atoms with Gasteiger partial charge in [-0.05, 0) is 42.7 Å². The van der Waals surface area contributed by atoms with E-state index >= 15 is 0 Å². The molecule has 0 radical (unpaired) electrons. The van der Waals surface area contributed by atoms with Gasteiger partial charge in [-0.1, -0.05) is 63.4 Å². The highest BCUT2D eigenvalue weighted by Gasteiger charge is 2.25. The zero-order chi connectivity index (χ0) is 14.0. The smallest absolute Gasteiger partial charge is 0.0456 e. The fourth-order valence-corrected chi connectivity index (χ4v) is 3.17. The molecule has 0 aliphatic rings. The van der Waals surface area contributed by atoms with Crippen molar-refractivity contribution in [2.24, 2.45) is 5.73 Å². The van der Waals surface area contributed by atoms with Crippen molar-refractivity contribution >= 4 is 39.1 Å². The summed E-state index contributed by atoms with van der Waals surface area (Å²) in [4.78, 5) is 0. The monoisotopic (exact) mass is 357 g/mol. The van der Waals surface area contributed by atoms with E-state index in [0.29, 0.717) is 16.5 Å². The molecular formula is C15H14BrCl2N. The minimum atomic E-state index is -0.560. The van der Waals surface area contributed by atoms with E-state index in [-0.39, 0.29) is 0 Å². The first-order valence-corrected chi connectivity index (χ1v) is 7.43. The molecule has 0 saturated heterocycles. The van der Waals surface area contributed by atoms with Crippen LogP contribution >= 0.6 is 39.1 Å². The molecular weight excluding hydrogens is 345 g/mol. The molecule has 0 aliphatic carbocycles. The first-order valence-electron chi connectivity index (χ1n) is 5.88. The molecule has 1 unspecified atom stereocenters. The standard InChI is InChI=1S/C15H14BrCl2N/c1-15(19,12-4-2-3-5-13(12)17)9-10-6-7-11(16)8-14(10)18/h2-8H,9,19H2,1H3. The maximum Gasteiger partial charge on any atom is 0.0456 e. The normalized spacial score (nSPS) is 14.2. The maximum absolute atomic E-state index is 6.42. The van der Waals surface area contributed by atoms with Crippen LogP contribution in [0, 0.1) is 0 Å². The number of hydrogen-bond acceptors (Lipinski definition) is 1. The summed E-state index contributed by atoms with van der Waals surface area (Å²) in [5.74, 6) is 0. The number of nitrogens with two attached hydrogens (primary N) is 1. The molecule has 1 nitrogen and oxygen atoms in total. The lowest BCUT2D eigenvalue weighted by Gasteiger charge is -2.27. The molecule has 0 bridgehead atoms. The van der Waals surface area contributed by atoms with Crippen molar-refractivity contribution in [1.82, 2.24) is 0 Å². The number of hydrogen-bond donors (Lipinski definition) is 1. The lowest BCUT2D eigenvalue weighted by Crippen LogP contribution is -2.35. The summed E-state index contributed by atoms with van der Waals surface area (Å²) < 4.78 is 0.956. The third-order valence-corrected chi connectivity index (χ3v) is 4.24. The first-order chi connectivity index (χ1) is 8.90. The molecule has 2 aromatic rings. The number of rotatable bonds is 3. The summed E-state index contributed by atoms with van der Waals surface area (Å²) in [5, 5.41) is 1.39. The Hall–Kier alpha value is -0.540. The van der Waals surface area contributed by atoms with Gasteiger partial charge < -0.3 is 5.73 Å². The van der Waals surface area contributed by atoms with Crippen LogP contribution in [-0.2, 0) is 12.0 Å². The van der Waals surface area contributed by atoms with E-state index in [1.807, 2.05) is 49.4 Å². The number of halogens is 3. The second-order valence-corrected chi connectivity index (χ2v) is 6.54. The molecule has 2 rings (SSSR count). The van der Waals surface area contributed by atoms with Gasteiger partial charge in [-0.3, -0.25) is 0 Å². The second-order valence-electron chi connectivity index (χ2n) is 4.81. The molecule has 19 heavy (non-hydrogen) atoms. The molecule has 0 aromatic heterocycles. The van der Waals surface area contributed by atoms with Crippen molar-refractivity contribution in [3.8, 4) is 0 Å². The van der Waals surface area contributed by atoms with Crippen LogP contribution in [0.1, 0.15) is 18.1 Å². The van der Waals surface area contributed by atoms with Crippen LogP contribution in [0.4, 0.5) is 0 Å². The number of benzene rings is 2. The Morgan fingerprint density at radius 1 is 1.11 bits per heavy atom. The molecule has 100 valence electrons. The van der Waals surface area contributed by atoms with E-state index in [1.165, 1.54) is 0 Å². The molecule has 2 aromatic carbocycles. The molecule has 4 heteroatoms. The van der Waals surface area contributed by atoms with Gasteiger partial charge in [0.2, 0.25) is 0 Å². The van der Waals surface area contributed by atoms with Crippen LogP contribution in [0.3, 0.4) is 0 Å². The van der Waals surface area contributed by atoms with E-state index < -0.39 is 5.54 Å². The molecule has 0 saturated carbocycles. The molecule has 0 amide bonds. The second kappa shape index (κ2) is 5.84. The highest BCUT2D eigenvalue weighted by molar-refractivity contribution is 9.10. The van der Waals surface area contributed by atoms with Crippen molar-refractivity contribution in [2.75, 3.05) is 0 Å². The summed E-state index contributed by atoms with van der Waals surface area (Å²) in [6.07, 6.45) is 0.628. The summed E-state index contributed by atoms with van der Waals surface area (Å²) in [7, 11) is 0. The Kier molecular flexibility index (Phi) is 4.57. The van der Waals surface area contributed by atoms with Crippen LogP contribution < -0.4 is 5.73 Å². The van der Waals surface area contributed by atoms with E-state index in [9.17, 15) is 0 Å². The van der Waals surface area contributed by atoms with Crippen LogP contribution in [-0.4, -0.2) is 0 Å². The quantitative estimate of drug-likeness (QED) is 0.804. The van der Waals surface area contributed by atoms with Gasteiger partial charge in [-0.25, -0.2) is 0 Å². The van der Waals surface area contributed by atoms with Crippen molar-refractivity contribution < 1.29 is 0 Å². The van der Waals surface area contributed by atoms with Crippen LogP contribution in [0.15, 0.2) is 46.9 Å². The van der Waals surface area contributed by atoms with Gasteiger partial charge in [0.25, 0.3) is 0 Å². The third-order valence-electron chi connectivity index (χ3n) is 3.06. The Bertz CT molecular complexity index is 596. The van der Waals surface area contributed by atoms with Crippen molar-refractivity contribution in [1.29, 1.82) is 0 Å². The van der Waals surface area contributed by atoms with Crippen LogP contribution in [0.5, 0.6) is 0 Å². The van der Waals surface area contributed by atoms with Crippen LogP contribution in [0.2, 0.25) is 10.0 Å². The Balaban J connectivity index is 2.33. The van der Waals surface area contributed by atoms with Crippen molar-refractivity contribution in [2.45, 2.75) is 18.9 Å². The Labute approximate surface area is 131 Å². The maximum atomic E-state index is 6.42. The Morgan fingerprint density at radius 3 is 2.42 bits per heavy atom. The minimum absolute atomic E-state index is 0.560. The van der Waals surface area contributed by atoms with Crippen molar-refractivity contribution in [3.05, 3.63) is 68.1 Å². The molecule has 2 N–H and O–H groups in total. The van der Waals surface area contributed by atoms with Gasteiger partial charge in [0.1, 0.15) is 0 Å². The molecule has 0 aliphatic heterocycles. The summed E-state index contributed by atoms with van der Waals surface area (Å²) in [6, 6.07) is 13.5. The zero-order valence-corrected chi connectivity index (χ0v) is 13.6. The topological polar surface area (TPSA) is 26.0 Å². The molecule has 0 heterocycles. The predicted molar refractivity (Wildman–Crippen MR) is 85.8 cm³/mol. The average Bonchev–Trinajstić information content (AvgIpc) is 2.33. The Morgan fingerprint density at radius 2 is 1.79 bits per heavy atom. The first kappa shape index (κ1) is 14.9. The van der Waals surface area contributed by atoms with Crippen molar-refractivity contribution in [3.63, 3.8) is 0 Å². The summed E-state index contributed by atoms with van der Waals surface area (Å²) in [6.45, 7) is 1.96. The minimum Gasteiger partial charge on any atom is -0.321 e. The SMILES string of the molecule is CC(N)(Cc1ccc(Br)cc1Cl)c1ccccc1Cl. The van der Waals surface area contributed by atoms with E-state index in [0.717, 1.165) is 15.6 Å². The average molecular weight is 359 g/mol. The van der Waals surface area contributed by atoms with Gasteiger partial charge in [0.05, 0.1) is 0 Å². The molecule has 1 atom stereocenters. The highest BCUT2D eigenvalue weighted by Crippen LogP contribution is 2.31. The van der Waals surface area contributed by atoms with Gasteiger partial charge in [0, 0.05) is 20.1 Å². The third kappa shape index (κ3) is 3.51. The van der Waals surface area contributed by atoms with Gasteiger partial charge in [-0.15, -0.1) is 0 Å². The summed E-state index contributed by atoms with van der Waals surface area (Å²) in [5.41, 5.74) is 7.80. The van der Waals surface area contributed by atoms with E-state index in [4.69, 9.17) is 28.9 Å². The zero-order valence-electron chi connectivity index (χ0n) is 10.5. The predicted octanol–water partition coefficient (Wildman–Crippen LogP) is 5.17. The van der Waals surface area contributed by atoms with E-state index in [2.05, 4.69) is 15.9 Å². The van der Waals surface area contributed by atoms with E-state index in [1.54, 1.807) is 0 Å². The van der Waals surface area contributed by atoms with Gasteiger partial charge in [-0.2, -0.15) is 0 Å². The summed E-state index contributed by atoms with van der Waals surface area (Å²) >= 11 is 15.9. The highest BCUT2D eigenvalue weighted by atomic mass is 79.9. The lowest BCUT2D eigenvalue weighted by atomic mass is 9.86. The van der Waals surface area contributed by atoms with Gasteiger partial charge >= 0.3 is 0 Å².